The first-order chi connectivity index (χ1) is 13.2. The van der Waals surface area contributed by atoms with E-state index >= 15 is 0 Å². The number of benzene rings is 1. The van der Waals surface area contributed by atoms with Gasteiger partial charge in [0.05, 0.1) is 18.7 Å². The Morgan fingerprint density at radius 1 is 1.21 bits per heavy atom. The van der Waals surface area contributed by atoms with Crippen LogP contribution in [0.25, 0.3) is 6.08 Å². The number of halogens is 1. The van der Waals surface area contributed by atoms with Crippen LogP contribution in [0, 0.1) is 0 Å². The third kappa shape index (κ3) is 7.48. The number of rotatable bonds is 8. The first-order valence-electron chi connectivity index (χ1n) is 8.68. The molecule has 0 aliphatic heterocycles. The van der Waals surface area contributed by atoms with Gasteiger partial charge in [0.25, 0.3) is 5.91 Å². The summed E-state index contributed by atoms with van der Waals surface area (Å²) in [6.45, 7) is 7.10. The summed E-state index contributed by atoms with van der Waals surface area (Å²) in [5, 5.41) is 4.92. The van der Waals surface area contributed by atoms with Gasteiger partial charge in [0.15, 0.2) is 17.6 Å². The van der Waals surface area contributed by atoms with Crippen LogP contribution in [0.3, 0.4) is 0 Å². The Kier molecular flexibility index (Phi) is 9.31. The first-order valence-corrected chi connectivity index (χ1v) is 9.06. The highest BCUT2D eigenvalue weighted by atomic mass is 35.5. The number of carbonyl (C=O) groups excluding carboxylic acids is 3. The number of nitrogens with one attached hydrogen (secondary N) is 2. The SMILES string of the molecule is CCOc1cc(/C=C/C(=O)OC(C)C(=O)NC(=O)NC(C)C)cc(Cl)c1OC. The number of imide groups is 1. The predicted octanol–water partition coefficient (Wildman–Crippen LogP) is 2.93. The van der Waals surface area contributed by atoms with Crippen molar-refractivity contribution < 1.29 is 28.6 Å². The van der Waals surface area contributed by atoms with Crippen LogP contribution in [0.1, 0.15) is 33.3 Å². The summed E-state index contributed by atoms with van der Waals surface area (Å²) in [6, 6.07) is 2.46. The molecule has 0 heterocycles. The van der Waals surface area contributed by atoms with E-state index in [1.807, 2.05) is 6.92 Å². The average Bonchev–Trinajstić information content (AvgIpc) is 2.59. The zero-order valence-corrected chi connectivity index (χ0v) is 17.3. The van der Waals surface area contributed by atoms with Gasteiger partial charge in [0.1, 0.15) is 0 Å². The van der Waals surface area contributed by atoms with E-state index in [0.29, 0.717) is 28.7 Å². The van der Waals surface area contributed by atoms with E-state index in [4.69, 9.17) is 25.8 Å². The monoisotopic (exact) mass is 412 g/mol. The average molecular weight is 413 g/mol. The number of amides is 3. The Balaban J connectivity index is 2.73. The van der Waals surface area contributed by atoms with E-state index < -0.39 is 24.0 Å². The van der Waals surface area contributed by atoms with Crippen molar-refractivity contribution in [2.24, 2.45) is 0 Å². The lowest BCUT2D eigenvalue weighted by atomic mass is 10.2. The second kappa shape index (κ2) is 11.2. The molecular formula is C19H25ClN2O6. The third-order valence-electron chi connectivity index (χ3n) is 3.27. The molecule has 0 aliphatic rings. The molecule has 154 valence electrons. The van der Waals surface area contributed by atoms with Crippen molar-refractivity contribution in [1.82, 2.24) is 10.6 Å². The van der Waals surface area contributed by atoms with E-state index in [1.165, 1.54) is 20.1 Å². The van der Waals surface area contributed by atoms with E-state index in [2.05, 4.69) is 10.6 Å². The number of urea groups is 1. The highest BCUT2D eigenvalue weighted by Crippen LogP contribution is 2.36. The van der Waals surface area contributed by atoms with Crippen molar-refractivity contribution in [3.8, 4) is 11.5 Å². The molecule has 1 aromatic carbocycles. The van der Waals surface area contributed by atoms with E-state index in [1.54, 1.807) is 26.0 Å². The molecular weight excluding hydrogens is 388 g/mol. The number of carbonyl (C=O) groups is 3. The van der Waals surface area contributed by atoms with Crippen molar-refractivity contribution in [2.45, 2.75) is 39.8 Å². The topological polar surface area (TPSA) is 103 Å². The number of hydrogen-bond donors (Lipinski definition) is 2. The second-order valence-electron chi connectivity index (χ2n) is 6.00. The van der Waals surface area contributed by atoms with Crippen LogP contribution in [0.4, 0.5) is 4.79 Å². The summed E-state index contributed by atoms with van der Waals surface area (Å²) in [7, 11) is 1.48. The van der Waals surface area contributed by atoms with Crippen molar-refractivity contribution in [3.63, 3.8) is 0 Å². The zero-order valence-electron chi connectivity index (χ0n) is 16.5. The zero-order chi connectivity index (χ0) is 21.3. The number of hydrogen-bond acceptors (Lipinski definition) is 6. The Bertz CT molecular complexity index is 748. The fourth-order valence-electron chi connectivity index (χ4n) is 2.09. The molecule has 1 rings (SSSR count). The minimum Gasteiger partial charge on any atom is -0.491 e. The number of ether oxygens (including phenoxy) is 3. The Labute approximate surface area is 169 Å². The number of esters is 1. The molecule has 28 heavy (non-hydrogen) atoms. The summed E-state index contributed by atoms with van der Waals surface area (Å²) < 4.78 is 15.6. The second-order valence-corrected chi connectivity index (χ2v) is 6.40. The minimum absolute atomic E-state index is 0.133. The van der Waals surface area contributed by atoms with Crippen LogP contribution in [-0.4, -0.2) is 43.8 Å². The minimum atomic E-state index is -1.14. The summed E-state index contributed by atoms with van der Waals surface area (Å²) in [4.78, 5) is 35.3. The van der Waals surface area contributed by atoms with Crippen molar-refractivity contribution in [1.29, 1.82) is 0 Å². The summed E-state index contributed by atoms with van der Waals surface area (Å²) in [6.07, 6.45) is 1.46. The normalized spacial score (nSPS) is 11.8. The van der Waals surface area contributed by atoms with Gasteiger partial charge in [0.2, 0.25) is 0 Å². The molecule has 9 heteroatoms. The molecule has 0 saturated carbocycles. The molecule has 0 aliphatic carbocycles. The highest BCUT2D eigenvalue weighted by molar-refractivity contribution is 6.32. The molecule has 1 atom stereocenters. The Hall–Kier alpha value is -2.74. The molecule has 0 spiro atoms. The van der Waals surface area contributed by atoms with Crippen LogP contribution >= 0.6 is 11.6 Å². The molecule has 2 N–H and O–H groups in total. The quantitative estimate of drug-likeness (QED) is 0.502. The van der Waals surface area contributed by atoms with Crippen LogP contribution in [0.5, 0.6) is 11.5 Å². The maximum atomic E-state index is 11.9. The van der Waals surface area contributed by atoms with Gasteiger partial charge >= 0.3 is 12.0 Å². The molecule has 1 aromatic rings. The first kappa shape index (κ1) is 23.3. The summed E-state index contributed by atoms with van der Waals surface area (Å²) >= 11 is 6.15. The van der Waals surface area contributed by atoms with E-state index in [-0.39, 0.29) is 6.04 Å². The molecule has 0 radical (unpaired) electrons. The van der Waals surface area contributed by atoms with Crippen molar-refractivity contribution in [3.05, 3.63) is 28.8 Å². The van der Waals surface area contributed by atoms with Crippen LogP contribution in [0.2, 0.25) is 5.02 Å². The smallest absolute Gasteiger partial charge is 0.331 e. The summed E-state index contributed by atoms with van der Waals surface area (Å²) in [5.41, 5.74) is 0.583. The molecule has 0 aromatic heterocycles. The van der Waals surface area contributed by atoms with Crippen LogP contribution in [0.15, 0.2) is 18.2 Å². The fourth-order valence-corrected chi connectivity index (χ4v) is 2.38. The lowest BCUT2D eigenvalue weighted by Crippen LogP contribution is -2.46. The summed E-state index contributed by atoms with van der Waals surface area (Å²) in [5.74, 6) is -0.648. The van der Waals surface area contributed by atoms with Gasteiger partial charge < -0.3 is 19.5 Å². The fraction of sp³-hybridized carbons (Fsp3) is 0.421. The van der Waals surface area contributed by atoms with Gasteiger partial charge in [-0.1, -0.05) is 11.6 Å². The van der Waals surface area contributed by atoms with Gasteiger partial charge in [-0.2, -0.15) is 0 Å². The van der Waals surface area contributed by atoms with Gasteiger partial charge in [-0.15, -0.1) is 0 Å². The van der Waals surface area contributed by atoms with E-state index in [9.17, 15) is 14.4 Å². The van der Waals surface area contributed by atoms with Crippen molar-refractivity contribution in [2.75, 3.05) is 13.7 Å². The lowest BCUT2D eigenvalue weighted by Gasteiger charge is -2.13. The Morgan fingerprint density at radius 2 is 1.89 bits per heavy atom. The predicted molar refractivity (Wildman–Crippen MR) is 106 cm³/mol. The van der Waals surface area contributed by atoms with Gasteiger partial charge in [-0.25, -0.2) is 9.59 Å². The van der Waals surface area contributed by atoms with E-state index in [0.717, 1.165) is 6.08 Å². The number of methoxy groups -OCH3 is 1. The lowest BCUT2D eigenvalue weighted by molar-refractivity contribution is -0.149. The van der Waals surface area contributed by atoms with Gasteiger partial charge in [-0.05, 0) is 51.5 Å². The molecule has 3 amide bonds. The maximum absolute atomic E-state index is 11.9. The molecule has 0 bridgehead atoms. The molecule has 0 saturated heterocycles. The standard InChI is InChI=1S/C19H25ClN2O6/c1-6-27-15-10-13(9-14(20)17(15)26-5)7-8-16(23)28-12(4)18(24)22-19(25)21-11(2)3/h7-12H,6H2,1-5H3,(H2,21,22,24,25)/b8-7+. The molecule has 0 fully saturated rings. The van der Waals surface area contributed by atoms with Crippen molar-refractivity contribution >= 4 is 35.6 Å². The molecule has 1 unspecified atom stereocenters. The molecule has 8 nitrogen and oxygen atoms in total. The largest absolute Gasteiger partial charge is 0.491 e. The maximum Gasteiger partial charge on any atom is 0.331 e. The van der Waals surface area contributed by atoms with Gasteiger partial charge in [-0.3, -0.25) is 10.1 Å². The van der Waals surface area contributed by atoms with Crippen LogP contribution < -0.4 is 20.1 Å². The third-order valence-corrected chi connectivity index (χ3v) is 3.55. The Morgan fingerprint density at radius 3 is 2.46 bits per heavy atom. The van der Waals surface area contributed by atoms with Gasteiger partial charge in [0, 0.05) is 12.1 Å². The van der Waals surface area contributed by atoms with Crippen LogP contribution in [-0.2, 0) is 14.3 Å². The highest BCUT2D eigenvalue weighted by Gasteiger charge is 2.19.